The average Bonchev–Trinajstić information content (AvgIpc) is 2.64. The number of rotatable bonds is 3. The van der Waals surface area contributed by atoms with E-state index in [1.54, 1.807) is 6.07 Å². The van der Waals surface area contributed by atoms with Gasteiger partial charge in [-0.15, -0.1) is 0 Å². The third-order valence-corrected chi connectivity index (χ3v) is 6.72. The van der Waals surface area contributed by atoms with Crippen LogP contribution in [0.4, 0.5) is 0 Å². The van der Waals surface area contributed by atoms with Gasteiger partial charge < -0.3 is 9.66 Å². The van der Waals surface area contributed by atoms with Crippen molar-refractivity contribution in [3.63, 3.8) is 0 Å². The minimum atomic E-state index is -4.81. The van der Waals surface area contributed by atoms with Gasteiger partial charge in [0.1, 0.15) is 25.4 Å². The molecular formula is C19H10Br2Cl2O5S. The number of phenols is 1. The van der Waals surface area contributed by atoms with E-state index >= 15 is 0 Å². The van der Waals surface area contributed by atoms with E-state index in [1.165, 1.54) is 42.5 Å². The van der Waals surface area contributed by atoms with Crippen molar-refractivity contribution in [2.45, 2.75) is 4.90 Å². The lowest BCUT2D eigenvalue weighted by Crippen LogP contribution is -2.08. The first kappa shape index (κ1) is 22.3. The standard InChI is InChI=1S/C19H10Br2Cl2O5S/c20-12-5-9(7-14(22)18(12)24)17(10-6-13(21)19(25)15(23)8-10)11-3-1-2-4-16(11)29(26,27)28/h1-8,24H,(H,26,27,28)/b17-10-. The second-order valence-electron chi connectivity index (χ2n) is 5.90. The van der Waals surface area contributed by atoms with Crippen LogP contribution in [0.2, 0.25) is 5.02 Å². The second-order valence-corrected chi connectivity index (χ2v) is 9.77. The first-order valence-corrected chi connectivity index (χ1v) is 11.5. The van der Waals surface area contributed by atoms with Crippen LogP contribution >= 0.6 is 55.1 Å². The molecule has 2 aromatic rings. The maximum absolute atomic E-state index is 11.9. The fourth-order valence-electron chi connectivity index (χ4n) is 2.79. The van der Waals surface area contributed by atoms with Crippen LogP contribution in [0.1, 0.15) is 11.1 Å². The fourth-order valence-corrected chi connectivity index (χ4v) is 5.06. The molecule has 0 unspecified atom stereocenters. The van der Waals surface area contributed by atoms with Crippen LogP contribution in [-0.4, -0.2) is 28.7 Å². The average molecular weight is 581 g/mol. The molecular weight excluding hydrogens is 571 g/mol. The topological polar surface area (TPSA) is 98.8 Å². The first-order chi connectivity index (χ1) is 13.5. The predicted octanol–water partition coefficient (Wildman–Crippen LogP) is 5.47. The Labute approximate surface area is 193 Å². The summed E-state index contributed by atoms with van der Waals surface area (Å²) < 4.78 is 36.2. The highest BCUT2D eigenvalue weighted by Gasteiger charge is 2.26. The van der Waals surface area contributed by atoms with Crippen LogP contribution < -0.4 is 0 Å². The fraction of sp³-hybridized carbons (Fsp3) is 0. The summed E-state index contributed by atoms with van der Waals surface area (Å²) >= 11 is 18.6. The molecule has 0 radical (unpaired) electrons. The van der Waals surface area contributed by atoms with E-state index in [0.29, 0.717) is 16.7 Å². The summed E-state index contributed by atoms with van der Waals surface area (Å²) in [5, 5.41) is 9.99. The number of halogens is 4. The van der Waals surface area contributed by atoms with E-state index in [0.717, 1.165) is 0 Å². The zero-order valence-corrected chi connectivity index (χ0v) is 19.7. The number of benzene rings is 2. The summed E-state index contributed by atoms with van der Waals surface area (Å²) in [5.41, 5.74) is 1.24. The van der Waals surface area contributed by atoms with Gasteiger partial charge >= 0.3 is 5.78 Å². The molecule has 150 valence electrons. The van der Waals surface area contributed by atoms with Crippen LogP contribution in [0.25, 0.3) is 5.57 Å². The number of carbonyl (C=O) groups excluding carboxylic acids is 1. The summed E-state index contributed by atoms with van der Waals surface area (Å²) in [6, 6.07) is 8.65. The minimum absolute atomic E-state index is 0.0123. The van der Waals surface area contributed by atoms with Crippen LogP contribution in [-0.2, 0) is 10.1 Å². The van der Waals surface area contributed by atoms with Crippen molar-refractivity contribution < 1.29 is 22.9 Å². The zero-order chi connectivity index (χ0) is 21.5. The molecule has 10 heteroatoms. The van der Waals surface area contributed by atoms with Crippen LogP contribution in [0.15, 0.2) is 73.0 Å². The number of allylic oxidation sites excluding steroid dienone is 5. The van der Waals surface area contributed by atoms with E-state index < -0.39 is 15.0 Å². The summed E-state index contributed by atoms with van der Waals surface area (Å²) in [5.74, 6) is -0.381. The molecule has 1 aliphatic rings. The van der Waals surface area contributed by atoms with Gasteiger partial charge in [-0.2, -0.15) is 0 Å². The molecule has 0 spiro atoms. The largest absolute Gasteiger partial charge is 0.744 e. The Hall–Kier alpha value is -1.42. The molecule has 5 nitrogen and oxygen atoms in total. The Morgan fingerprint density at radius 1 is 1.10 bits per heavy atom. The summed E-state index contributed by atoms with van der Waals surface area (Å²) in [6.45, 7) is 0. The van der Waals surface area contributed by atoms with Gasteiger partial charge in [-0.1, -0.05) is 41.4 Å². The van der Waals surface area contributed by atoms with Gasteiger partial charge in [0.2, 0.25) is 0 Å². The highest BCUT2D eigenvalue weighted by molar-refractivity contribution is 9.12. The van der Waals surface area contributed by atoms with Crippen molar-refractivity contribution in [1.29, 1.82) is 0 Å². The van der Waals surface area contributed by atoms with E-state index in [2.05, 4.69) is 31.9 Å². The lowest BCUT2D eigenvalue weighted by Gasteiger charge is -2.19. The molecule has 0 aliphatic heterocycles. The molecule has 0 atom stereocenters. The lowest BCUT2D eigenvalue weighted by molar-refractivity contribution is 0.462. The number of ketones is 1. The van der Waals surface area contributed by atoms with Crippen molar-refractivity contribution in [2.24, 2.45) is 0 Å². The SMILES string of the molecule is O=S(=O)([O-])c1ccccc1/C(=C1\C=C(Cl)C(=[OH+])C(Br)=C1)c1cc(Cl)c(O)c(Br)c1. The molecule has 0 saturated heterocycles. The van der Waals surface area contributed by atoms with Gasteiger partial charge in [0.25, 0.3) is 0 Å². The molecule has 0 saturated carbocycles. The summed E-state index contributed by atoms with van der Waals surface area (Å²) in [7, 11) is -4.81. The van der Waals surface area contributed by atoms with Crippen molar-refractivity contribution in [3.05, 3.63) is 84.3 Å². The Bertz CT molecular complexity index is 1200. The minimum Gasteiger partial charge on any atom is -0.744 e. The van der Waals surface area contributed by atoms with Gasteiger partial charge in [-0.25, -0.2) is 8.42 Å². The monoisotopic (exact) mass is 578 g/mol. The highest BCUT2D eigenvalue weighted by Crippen LogP contribution is 2.41. The Morgan fingerprint density at radius 3 is 2.34 bits per heavy atom. The number of hydrogen-bond donors (Lipinski definition) is 1. The normalized spacial score (nSPS) is 16.4. The first-order valence-electron chi connectivity index (χ1n) is 7.79. The molecule has 2 N–H and O–H groups in total. The summed E-state index contributed by atoms with van der Waals surface area (Å²) in [6.07, 6.45) is 2.96. The van der Waals surface area contributed by atoms with Crippen LogP contribution in [0, 0.1) is 0 Å². The molecule has 0 aromatic heterocycles. The van der Waals surface area contributed by atoms with Crippen molar-refractivity contribution in [2.75, 3.05) is 0 Å². The third-order valence-electron chi connectivity index (χ3n) is 4.04. The smallest absolute Gasteiger partial charge is 0.372 e. The van der Waals surface area contributed by atoms with Crippen LogP contribution in [0.5, 0.6) is 5.75 Å². The molecule has 0 fully saturated rings. The Kier molecular flexibility index (Phi) is 6.43. The molecule has 1 aliphatic carbocycles. The van der Waals surface area contributed by atoms with Crippen LogP contribution in [0.3, 0.4) is 0 Å². The quantitative estimate of drug-likeness (QED) is 0.384. The van der Waals surface area contributed by atoms with Crippen molar-refractivity contribution in [3.8, 4) is 5.75 Å². The van der Waals surface area contributed by atoms with Gasteiger partial charge in [0.05, 0.1) is 14.4 Å². The number of aromatic hydroxyl groups is 1. The number of phenolic OH excluding ortho intramolecular Hbond substituents is 1. The molecule has 29 heavy (non-hydrogen) atoms. The Morgan fingerprint density at radius 2 is 1.76 bits per heavy atom. The van der Waals surface area contributed by atoms with Gasteiger partial charge in [0, 0.05) is 5.56 Å². The lowest BCUT2D eigenvalue weighted by atomic mass is 9.90. The molecule has 2 aromatic carbocycles. The van der Waals surface area contributed by atoms with Crippen molar-refractivity contribution >= 4 is 76.5 Å². The molecule has 0 amide bonds. The van der Waals surface area contributed by atoms with Gasteiger partial charge in [-0.05, 0) is 78.9 Å². The molecule has 0 heterocycles. The highest BCUT2D eigenvalue weighted by atomic mass is 79.9. The second kappa shape index (κ2) is 8.37. The predicted molar refractivity (Wildman–Crippen MR) is 119 cm³/mol. The molecule has 0 bridgehead atoms. The third kappa shape index (κ3) is 4.52. The molecule has 3 rings (SSSR count). The van der Waals surface area contributed by atoms with Gasteiger partial charge in [0.15, 0.2) is 0 Å². The van der Waals surface area contributed by atoms with Crippen molar-refractivity contribution in [1.82, 2.24) is 0 Å². The van der Waals surface area contributed by atoms with E-state index in [-0.39, 0.29) is 36.1 Å². The van der Waals surface area contributed by atoms with E-state index in [4.69, 9.17) is 23.2 Å². The van der Waals surface area contributed by atoms with E-state index in [1.807, 2.05) is 0 Å². The summed E-state index contributed by atoms with van der Waals surface area (Å²) in [4.78, 5) is 9.53. The number of hydrogen-bond acceptors (Lipinski definition) is 4. The maximum atomic E-state index is 11.9. The van der Waals surface area contributed by atoms with E-state index in [9.17, 15) is 22.9 Å². The van der Waals surface area contributed by atoms with Gasteiger partial charge in [-0.3, -0.25) is 4.79 Å². The zero-order valence-electron chi connectivity index (χ0n) is 14.2. The maximum Gasteiger partial charge on any atom is 0.372 e. The Balaban J connectivity index is 2.47.